The lowest BCUT2D eigenvalue weighted by atomic mass is 9.92. The molecule has 0 fully saturated rings. The lowest BCUT2D eigenvalue weighted by Crippen LogP contribution is -2.31. The van der Waals surface area contributed by atoms with Gasteiger partial charge in [-0.2, -0.15) is 5.10 Å². The molecule has 0 aliphatic heterocycles. The molecule has 0 aliphatic carbocycles. The molecule has 6 nitrogen and oxygen atoms in total. The van der Waals surface area contributed by atoms with Crippen LogP contribution in [0.5, 0.6) is 0 Å². The number of hydrogen-bond acceptors (Lipinski definition) is 3. The van der Waals surface area contributed by atoms with Crippen LogP contribution in [-0.2, 0) is 12.0 Å². The van der Waals surface area contributed by atoms with E-state index in [9.17, 15) is 9.59 Å². The molecule has 1 aromatic carbocycles. The maximum atomic E-state index is 12.7. The molecule has 0 spiro atoms. The Morgan fingerprint density at radius 2 is 1.81 bits per heavy atom. The van der Waals surface area contributed by atoms with Crippen LogP contribution in [0.1, 0.15) is 42.5 Å². The molecule has 0 bridgehead atoms. The molecule has 27 heavy (non-hydrogen) atoms. The number of carbonyl (C=O) groups is 1. The molecule has 0 aliphatic rings. The number of amides is 1. The summed E-state index contributed by atoms with van der Waals surface area (Å²) in [5.74, 6) is -0.331. The Balaban J connectivity index is 1.77. The van der Waals surface area contributed by atoms with E-state index in [0.717, 1.165) is 17.0 Å². The quantitative estimate of drug-likeness (QED) is 0.745. The zero-order valence-electron chi connectivity index (χ0n) is 16.0. The van der Waals surface area contributed by atoms with Crippen molar-refractivity contribution in [2.45, 2.75) is 32.7 Å². The predicted octanol–water partition coefficient (Wildman–Crippen LogP) is 3.33. The number of aromatic nitrogens is 3. The molecule has 140 valence electrons. The second kappa shape index (κ2) is 7.23. The van der Waals surface area contributed by atoms with Gasteiger partial charge in [0, 0.05) is 18.2 Å². The van der Waals surface area contributed by atoms with Crippen LogP contribution in [0.4, 0.5) is 0 Å². The Morgan fingerprint density at radius 1 is 1.11 bits per heavy atom. The Bertz CT molecular complexity index is 997. The summed E-state index contributed by atoms with van der Waals surface area (Å²) < 4.78 is 0. The van der Waals surface area contributed by atoms with Crippen molar-refractivity contribution in [2.24, 2.45) is 0 Å². The van der Waals surface area contributed by atoms with E-state index in [1.165, 1.54) is 4.90 Å². The largest absolute Gasteiger partial charge is 0.336 e. The maximum absolute atomic E-state index is 12.7. The van der Waals surface area contributed by atoms with Crippen LogP contribution in [-0.4, -0.2) is 33.0 Å². The minimum absolute atomic E-state index is 0.0677. The minimum atomic E-state index is -0.395. The standard InChI is InChI=1S/C21H24N4O2/c1-21(2,3)18-12-15(23-24-18)13-25(4)20(27)16-10-11-17(22-19(16)26)14-8-6-5-7-9-14/h5-12H,13H2,1-4H3,(H,22,26)(H,23,24). The van der Waals surface area contributed by atoms with Gasteiger partial charge in [-0.05, 0) is 23.8 Å². The molecule has 2 N–H and O–H groups in total. The van der Waals surface area contributed by atoms with E-state index in [0.29, 0.717) is 12.2 Å². The smallest absolute Gasteiger partial charge is 0.261 e. The van der Waals surface area contributed by atoms with Crippen molar-refractivity contribution in [1.29, 1.82) is 0 Å². The van der Waals surface area contributed by atoms with Crippen LogP contribution in [0, 0.1) is 0 Å². The monoisotopic (exact) mass is 364 g/mol. The zero-order valence-corrected chi connectivity index (χ0v) is 16.0. The molecule has 0 unspecified atom stereocenters. The second-order valence-corrected chi connectivity index (χ2v) is 7.67. The number of aromatic amines is 2. The van der Waals surface area contributed by atoms with Crippen LogP contribution in [0.25, 0.3) is 11.3 Å². The van der Waals surface area contributed by atoms with E-state index in [2.05, 4.69) is 36.0 Å². The van der Waals surface area contributed by atoms with Crippen LogP contribution in [0.3, 0.4) is 0 Å². The molecule has 2 heterocycles. The molecule has 3 aromatic rings. The van der Waals surface area contributed by atoms with Crippen LogP contribution >= 0.6 is 0 Å². The van der Waals surface area contributed by atoms with Crippen molar-refractivity contribution < 1.29 is 4.79 Å². The number of carbonyl (C=O) groups excluding carboxylic acids is 1. The summed E-state index contributed by atoms with van der Waals surface area (Å²) in [6.07, 6.45) is 0. The number of hydrogen-bond donors (Lipinski definition) is 2. The molecule has 3 rings (SSSR count). The van der Waals surface area contributed by atoms with Gasteiger partial charge in [-0.3, -0.25) is 14.7 Å². The van der Waals surface area contributed by atoms with Gasteiger partial charge in [0.15, 0.2) is 0 Å². The average molecular weight is 364 g/mol. The number of H-pyrrole nitrogens is 2. The fraction of sp³-hybridized carbons (Fsp3) is 0.286. The van der Waals surface area contributed by atoms with Crippen LogP contribution < -0.4 is 5.56 Å². The highest BCUT2D eigenvalue weighted by molar-refractivity contribution is 5.93. The molecule has 0 saturated carbocycles. The van der Waals surface area contributed by atoms with E-state index in [1.807, 2.05) is 36.4 Å². The normalized spacial score (nSPS) is 11.4. The van der Waals surface area contributed by atoms with Crippen molar-refractivity contribution in [3.63, 3.8) is 0 Å². The molecule has 0 saturated heterocycles. The lowest BCUT2D eigenvalue weighted by Gasteiger charge is -2.16. The third kappa shape index (κ3) is 4.16. The van der Waals surface area contributed by atoms with Gasteiger partial charge in [0.05, 0.1) is 17.9 Å². The molecule has 2 aromatic heterocycles. The van der Waals surface area contributed by atoms with E-state index in [-0.39, 0.29) is 16.9 Å². The van der Waals surface area contributed by atoms with E-state index >= 15 is 0 Å². The SMILES string of the molecule is CN(Cc1cc(C(C)(C)C)n[nH]1)C(=O)c1ccc(-c2ccccc2)[nH]c1=O. The molecule has 0 radical (unpaired) electrons. The fourth-order valence-electron chi connectivity index (χ4n) is 2.79. The Morgan fingerprint density at radius 3 is 2.41 bits per heavy atom. The molecule has 6 heteroatoms. The summed E-state index contributed by atoms with van der Waals surface area (Å²) in [5.41, 5.74) is 3.00. The zero-order chi connectivity index (χ0) is 19.6. The Kier molecular flexibility index (Phi) is 4.99. The van der Waals surface area contributed by atoms with Gasteiger partial charge in [0.25, 0.3) is 11.5 Å². The van der Waals surface area contributed by atoms with Gasteiger partial charge >= 0.3 is 0 Å². The number of nitrogens with zero attached hydrogens (tertiary/aromatic N) is 2. The summed E-state index contributed by atoms with van der Waals surface area (Å²) >= 11 is 0. The first-order valence-electron chi connectivity index (χ1n) is 8.84. The summed E-state index contributed by atoms with van der Waals surface area (Å²) in [7, 11) is 1.67. The van der Waals surface area contributed by atoms with Gasteiger partial charge in [0.1, 0.15) is 5.56 Å². The van der Waals surface area contributed by atoms with Crippen molar-refractivity contribution in [3.05, 3.63) is 75.8 Å². The van der Waals surface area contributed by atoms with Crippen molar-refractivity contribution >= 4 is 5.91 Å². The van der Waals surface area contributed by atoms with Gasteiger partial charge < -0.3 is 9.88 Å². The van der Waals surface area contributed by atoms with E-state index < -0.39 is 5.56 Å². The highest BCUT2D eigenvalue weighted by Crippen LogP contribution is 2.21. The number of benzene rings is 1. The lowest BCUT2D eigenvalue weighted by molar-refractivity contribution is 0.0781. The first-order chi connectivity index (χ1) is 12.8. The first kappa shape index (κ1) is 18.6. The third-order valence-corrected chi connectivity index (χ3v) is 4.38. The predicted molar refractivity (Wildman–Crippen MR) is 106 cm³/mol. The molecule has 1 amide bonds. The van der Waals surface area contributed by atoms with Gasteiger partial charge in [-0.25, -0.2) is 0 Å². The van der Waals surface area contributed by atoms with Crippen molar-refractivity contribution in [1.82, 2.24) is 20.1 Å². The topological polar surface area (TPSA) is 81.8 Å². The summed E-state index contributed by atoms with van der Waals surface area (Å²) in [4.78, 5) is 29.4. The van der Waals surface area contributed by atoms with Crippen molar-refractivity contribution in [2.75, 3.05) is 7.05 Å². The van der Waals surface area contributed by atoms with Crippen molar-refractivity contribution in [3.8, 4) is 11.3 Å². The Hall–Kier alpha value is -3.15. The van der Waals surface area contributed by atoms with Crippen LogP contribution in [0.15, 0.2) is 53.3 Å². The number of pyridine rings is 1. The third-order valence-electron chi connectivity index (χ3n) is 4.38. The summed E-state index contributed by atoms with van der Waals surface area (Å²) in [6.45, 7) is 6.59. The molecular formula is C21H24N4O2. The minimum Gasteiger partial charge on any atom is -0.336 e. The maximum Gasteiger partial charge on any atom is 0.261 e. The number of nitrogens with one attached hydrogen (secondary N) is 2. The van der Waals surface area contributed by atoms with Gasteiger partial charge in [-0.15, -0.1) is 0 Å². The van der Waals surface area contributed by atoms with E-state index in [1.54, 1.807) is 19.2 Å². The highest BCUT2D eigenvalue weighted by atomic mass is 16.2. The van der Waals surface area contributed by atoms with Gasteiger partial charge in [-0.1, -0.05) is 51.1 Å². The highest BCUT2D eigenvalue weighted by Gasteiger charge is 2.20. The van der Waals surface area contributed by atoms with Gasteiger partial charge in [0.2, 0.25) is 0 Å². The second-order valence-electron chi connectivity index (χ2n) is 7.67. The first-order valence-corrected chi connectivity index (χ1v) is 8.84. The number of rotatable bonds is 4. The van der Waals surface area contributed by atoms with E-state index in [4.69, 9.17) is 0 Å². The Labute approximate surface area is 158 Å². The molecular weight excluding hydrogens is 340 g/mol. The molecule has 0 atom stereocenters. The average Bonchev–Trinajstić information content (AvgIpc) is 3.10. The summed E-state index contributed by atoms with van der Waals surface area (Å²) in [6, 6.07) is 14.8. The van der Waals surface area contributed by atoms with Crippen LogP contribution in [0.2, 0.25) is 0 Å². The fourth-order valence-corrected chi connectivity index (χ4v) is 2.79. The summed E-state index contributed by atoms with van der Waals surface area (Å²) in [5, 5.41) is 7.27.